The zero-order valence-corrected chi connectivity index (χ0v) is 9.29. The number of methoxy groups -OCH3 is 1. The fourth-order valence-electron chi connectivity index (χ4n) is 1.43. The molecule has 0 fully saturated rings. The van der Waals surface area contributed by atoms with E-state index < -0.39 is 0 Å². The molecule has 0 radical (unpaired) electrons. The highest BCUT2D eigenvalue weighted by atomic mass is 35.5. The van der Waals surface area contributed by atoms with Crippen LogP contribution in [0.15, 0.2) is 30.3 Å². The molecular formula is C11H16ClNO. The summed E-state index contributed by atoms with van der Waals surface area (Å²) in [6.07, 6.45) is 0.962. The maximum Gasteiger partial charge on any atom is 0.340 e. The number of hydrogen-bond donors (Lipinski definition) is 1. The maximum atomic E-state index is 5.75. The first-order valence-corrected chi connectivity index (χ1v) is 4.50. The largest absolute Gasteiger partial charge is 1.00 e. The minimum Gasteiger partial charge on any atom is -1.00 e. The highest BCUT2D eigenvalue weighted by molar-refractivity contribution is 5.77. The second-order valence-electron chi connectivity index (χ2n) is 2.98. The van der Waals surface area contributed by atoms with Crippen LogP contribution in [-0.2, 0) is 4.74 Å². The van der Waals surface area contributed by atoms with Crippen molar-refractivity contribution in [1.82, 2.24) is 0 Å². The summed E-state index contributed by atoms with van der Waals surface area (Å²) < 4.78 is 5.05. The summed E-state index contributed by atoms with van der Waals surface area (Å²) >= 11 is 0. The van der Waals surface area contributed by atoms with Gasteiger partial charge in [0.05, 0.1) is 7.11 Å². The van der Waals surface area contributed by atoms with Crippen LogP contribution >= 0.6 is 0 Å². The first kappa shape index (κ1) is 13.0. The van der Waals surface area contributed by atoms with Crippen LogP contribution < -0.4 is 17.8 Å². The Morgan fingerprint density at radius 3 is 2.36 bits per heavy atom. The van der Waals surface area contributed by atoms with Crippen LogP contribution in [0.2, 0.25) is 0 Å². The second-order valence-corrected chi connectivity index (χ2v) is 2.98. The molecule has 0 amide bonds. The van der Waals surface area contributed by atoms with Crippen molar-refractivity contribution in [2.24, 2.45) is 0 Å². The lowest BCUT2D eigenvalue weighted by Crippen LogP contribution is -3.00. The van der Waals surface area contributed by atoms with Crippen molar-refractivity contribution in [3.8, 4) is 0 Å². The number of nitrogens with two attached hydrogens (primary N) is 1. The summed E-state index contributed by atoms with van der Waals surface area (Å²) in [4.78, 5) is 0. The minimum absolute atomic E-state index is 0. The van der Waals surface area contributed by atoms with Gasteiger partial charge in [0.15, 0.2) is 0 Å². The van der Waals surface area contributed by atoms with E-state index in [0.717, 1.165) is 6.42 Å². The zero-order valence-electron chi connectivity index (χ0n) is 8.53. The standard InChI is InChI=1S/C11H15NO.ClH/c1-3-10(11(12)13-2)9-7-5-4-6-8-9;/h4-8,10,12H,3H2,1-2H3;1H. The third-order valence-electron chi connectivity index (χ3n) is 2.19. The average Bonchev–Trinajstić information content (AvgIpc) is 2.20. The van der Waals surface area contributed by atoms with E-state index >= 15 is 0 Å². The lowest BCUT2D eigenvalue weighted by Gasteiger charge is -2.10. The van der Waals surface area contributed by atoms with Crippen LogP contribution in [0.3, 0.4) is 0 Å². The molecule has 0 saturated heterocycles. The zero-order chi connectivity index (χ0) is 9.68. The van der Waals surface area contributed by atoms with Gasteiger partial charge in [-0.15, -0.1) is 0 Å². The molecule has 1 rings (SSSR count). The normalized spacial score (nSPS) is 11.3. The lowest BCUT2D eigenvalue weighted by molar-refractivity contribution is -0.142. The van der Waals surface area contributed by atoms with Gasteiger partial charge >= 0.3 is 5.90 Å². The molecular weight excluding hydrogens is 198 g/mol. The Labute approximate surface area is 91.2 Å². The van der Waals surface area contributed by atoms with E-state index in [-0.39, 0.29) is 18.3 Å². The SMILES string of the molecule is CCC(C(=[NH2+])OC)c1ccccc1.[Cl-]. The van der Waals surface area contributed by atoms with Crippen LogP contribution in [0.1, 0.15) is 24.8 Å². The lowest BCUT2D eigenvalue weighted by atomic mass is 9.96. The molecule has 0 heterocycles. The maximum absolute atomic E-state index is 5.75. The summed E-state index contributed by atoms with van der Waals surface area (Å²) in [5.74, 6) is 0.805. The van der Waals surface area contributed by atoms with Gasteiger partial charge in [-0.1, -0.05) is 37.3 Å². The fraction of sp³-hybridized carbons (Fsp3) is 0.364. The molecule has 2 nitrogen and oxygen atoms in total. The van der Waals surface area contributed by atoms with Crippen molar-refractivity contribution in [3.63, 3.8) is 0 Å². The van der Waals surface area contributed by atoms with Crippen molar-refractivity contribution in [2.45, 2.75) is 19.3 Å². The van der Waals surface area contributed by atoms with Crippen LogP contribution in [0.5, 0.6) is 0 Å². The number of hydrogen-bond acceptors (Lipinski definition) is 1. The summed E-state index contributed by atoms with van der Waals surface area (Å²) in [7, 11) is 1.61. The first-order chi connectivity index (χ1) is 6.29. The number of halogens is 1. The van der Waals surface area contributed by atoms with Gasteiger partial charge in [0.25, 0.3) is 0 Å². The highest BCUT2D eigenvalue weighted by Gasteiger charge is 2.19. The summed E-state index contributed by atoms with van der Waals surface area (Å²) in [5, 5.41) is 5.75. The van der Waals surface area contributed by atoms with Gasteiger partial charge in [-0.2, -0.15) is 0 Å². The van der Waals surface area contributed by atoms with E-state index in [1.165, 1.54) is 5.56 Å². The number of ether oxygens (including phenoxy) is 1. The Hall–Kier alpha value is -1.02. The number of benzene rings is 1. The van der Waals surface area contributed by atoms with Gasteiger partial charge in [-0.3, -0.25) is 0 Å². The molecule has 0 saturated carbocycles. The predicted octanol–water partition coefficient (Wildman–Crippen LogP) is -2.01. The summed E-state index contributed by atoms with van der Waals surface area (Å²) in [5.41, 5.74) is 1.21. The first-order valence-electron chi connectivity index (χ1n) is 4.50. The second kappa shape index (κ2) is 6.44. The van der Waals surface area contributed by atoms with Crippen molar-refractivity contribution in [2.75, 3.05) is 7.11 Å². The smallest absolute Gasteiger partial charge is 0.340 e. The summed E-state index contributed by atoms with van der Waals surface area (Å²) in [6.45, 7) is 2.10. The van der Waals surface area contributed by atoms with E-state index in [1.807, 2.05) is 18.2 Å². The molecule has 1 aromatic rings. The Balaban J connectivity index is 0.00000169. The Morgan fingerprint density at radius 1 is 1.36 bits per heavy atom. The van der Waals surface area contributed by atoms with E-state index in [9.17, 15) is 0 Å². The molecule has 2 N–H and O–H groups in total. The molecule has 1 aromatic carbocycles. The van der Waals surface area contributed by atoms with Crippen molar-refractivity contribution >= 4 is 5.90 Å². The third kappa shape index (κ3) is 3.04. The monoisotopic (exact) mass is 213 g/mol. The molecule has 1 atom stereocenters. The van der Waals surface area contributed by atoms with E-state index in [2.05, 4.69) is 19.1 Å². The van der Waals surface area contributed by atoms with Crippen LogP contribution in [0.4, 0.5) is 0 Å². The molecule has 0 aliphatic carbocycles. The van der Waals surface area contributed by atoms with E-state index in [4.69, 9.17) is 10.1 Å². The molecule has 14 heavy (non-hydrogen) atoms. The van der Waals surface area contributed by atoms with Gasteiger partial charge < -0.3 is 17.1 Å². The summed E-state index contributed by atoms with van der Waals surface area (Å²) in [6, 6.07) is 10.2. The minimum atomic E-state index is 0. The number of rotatable bonds is 3. The highest BCUT2D eigenvalue weighted by Crippen LogP contribution is 2.19. The Kier molecular flexibility index (Phi) is 5.97. The topological polar surface area (TPSA) is 34.8 Å². The van der Waals surface area contributed by atoms with Crippen LogP contribution in [0.25, 0.3) is 0 Å². The molecule has 1 unspecified atom stereocenters. The molecule has 0 aromatic heterocycles. The third-order valence-corrected chi connectivity index (χ3v) is 2.19. The molecule has 0 aliphatic rings. The quantitative estimate of drug-likeness (QED) is 0.457. The molecule has 0 spiro atoms. The van der Waals surface area contributed by atoms with Gasteiger partial charge in [-0.05, 0) is 12.0 Å². The van der Waals surface area contributed by atoms with Gasteiger partial charge in [0, 0.05) is 0 Å². The molecule has 3 heteroatoms. The molecule has 0 aliphatic heterocycles. The molecule has 78 valence electrons. The van der Waals surface area contributed by atoms with Crippen LogP contribution in [0, 0.1) is 0 Å². The van der Waals surface area contributed by atoms with Gasteiger partial charge in [-0.25, -0.2) is 5.41 Å². The average molecular weight is 214 g/mol. The molecule has 0 bridgehead atoms. The fourth-order valence-corrected chi connectivity index (χ4v) is 1.43. The van der Waals surface area contributed by atoms with E-state index in [0.29, 0.717) is 5.90 Å². The Morgan fingerprint density at radius 2 is 1.93 bits per heavy atom. The van der Waals surface area contributed by atoms with Gasteiger partial charge in [0.2, 0.25) is 0 Å². The van der Waals surface area contributed by atoms with Crippen molar-refractivity contribution < 1.29 is 22.6 Å². The van der Waals surface area contributed by atoms with Crippen molar-refractivity contribution in [1.29, 1.82) is 0 Å². The van der Waals surface area contributed by atoms with Crippen molar-refractivity contribution in [3.05, 3.63) is 35.9 Å². The van der Waals surface area contributed by atoms with E-state index in [1.54, 1.807) is 7.11 Å². The van der Waals surface area contributed by atoms with Crippen LogP contribution in [-0.4, -0.2) is 13.0 Å². The predicted molar refractivity (Wildman–Crippen MR) is 53.4 cm³/mol. The van der Waals surface area contributed by atoms with Gasteiger partial charge in [0.1, 0.15) is 5.92 Å². The Bertz CT molecular complexity index is 274.